The number of ether oxygens (including phenoxy) is 3. The average Bonchev–Trinajstić information content (AvgIpc) is 3.28. The highest BCUT2D eigenvalue weighted by molar-refractivity contribution is 5.71. The molecule has 0 rings (SSSR count). The third kappa shape index (κ3) is 50.2. The van der Waals surface area contributed by atoms with E-state index in [1.54, 1.807) is 0 Å². The fourth-order valence-corrected chi connectivity index (χ4v) is 7.69. The number of esters is 3. The number of unbranched alkanes of at least 4 members (excludes halogenated alkanes) is 30. The zero-order valence-corrected chi connectivity index (χ0v) is 41.8. The lowest BCUT2D eigenvalue weighted by atomic mass is 10.0. The monoisotopic (exact) mass is 883 g/mol. The molecule has 0 N–H and O–H groups in total. The largest absolute Gasteiger partial charge is 0.462 e. The standard InChI is InChI=1S/C57H102O6/c1-4-7-10-13-16-19-22-25-27-28-30-33-36-39-42-45-48-51-57(60)63-54(52-61-55(58)49-46-43-40-37-34-31-24-21-18-15-12-9-6-3)53-62-56(59)50-47-44-41-38-35-32-29-26-23-20-17-14-11-8-5-2/h21,24-25,27,30,33,39,42,54H,4-20,22-23,26,28-29,31-32,34-38,40-41,43-53H2,1-3H3/b24-21-,27-25-,33-30-,42-39-/t54-/m1/s1. The van der Waals surface area contributed by atoms with Crippen molar-refractivity contribution in [2.75, 3.05) is 13.2 Å². The van der Waals surface area contributed by atoms with Crippen molar-refractivity contribution in [3.63, 3.8) is 0 Å². The molecule has 0 aliphatic carbocycles. The molecule has 0 heterocycles. The molecule has 0 unspecified atom stereocenters. The first-order valence-electron chi connectivity index (χ1n) is 27.1. The predicted molar refractivity (Wildman–Crippen MR) is 270 cm³/mol. The molecule has 0 bridgehead atoms. The highest BCUT2D eigenvalue weighted by atomic mass is 16.6. The Bertz CT molecular complexity index is 1110. The van der Waals surface area contributed by atoms with E-state index in [1.165, 1.54) is 167 Å². The molecule has 63 heavy (non-hydrogen) atoms. The maximum atomic E-state index is 12.8. The smallest absolute Gasteiger partial charge is 0.306 e. The highest BCUT2D eigenvalue weighted by Crippen LogP contribution is 2.15. The molecule has 6 heteroatoms. The van der Waals surface area contributed by atoms with E-state index in [4.69, 9.17) is 14.2 Å². The second-order valence-electron chi connectivity index (χ2n) is 18.1. The van der Waals surface area contributed by atoms with Gasteiger partial charge in [0.2, 0.25) is 0 Å². The third-order valence-corrected chi connectivity index (χ3v) is 11.8. The predicted octanol–water partition coefficient (Wildman–Crippen LogP) is 17.9. The third-order valence-electron chi connectivity index (χ3n) is 11.8. The van der Waals surface area contributed by atoms with Gasteiger partial charge < -0.3 is 14.2 Å². The Balaban J connectivity index is 4.44. The minimum atomic E-state index is -0.799. The van der Waals surface area contributed by atoms with E-state index in [-0.39, 0.29) is 37.5 Å². The Labute approximate surface area is 390 Å². The van der Waals surface area contributed by atoms with Crippen LogP contribution in [0.25, 0.3) is 0 Å². The molecule has 0 spiro atoms. The summed E-state index contributed by atoms with van der Waals surface area (Å²) in [7, 11) is 0. The zero-order chi connectivity index (χ0) is 45.8. The molecule has 0 aliphatic rings. The van der Waals surface area contributed by atoms with E-state index in [0.29, 0.717) is 19.3 Å². The van der Waals surface area contributed by atoms with Gasteiger partial charge in [-0.1, -0.05) is 230 Å². The Kier molecular flexibility index (Phi) is 49.8. The molecule has 366 valence electrons. The number of carbonyl (C=O) groups excluding carboxylic acids is 3. The van der Waals surface area contributed by atoms with Crippen LogP contribution in [0.5, 0.6) is 0 Å². The number of rotatable bonds is 49. The van der Waals surface area contributed by atoms with E-state index >= 15 is 0 Å². The van der Waals surface area contributed by atoms with Gasteiger partial charge in [0.25, 0.3) is 0 Å². The Morgan fingerprint density at radius 3 is 0.968 bits per heavy atom. The van der Waals surface area contributed by atoms with Crippen LogP contribution in [0.4, 0.5) is 0 Å². The van der Waals surface area contributed by atoms with Gasteiger partial charge in [-0.15, -0.1) is 0 Å². The molecule has 1 atom stereocenters. The van der Waals surface area contributed by atoms with Gasteiger partial charge in [0.1, 0.15) is 13.2 Å². The van der Waals surface area contributed by atoms with Crippen molar-refractivity contribution >= 4 is 17.9 Å². The molecule has 0 saturated heterocycles. The van der Waals surface area contributed by atoms with Crippen LogP contribution >= 0.6 is 0 Å². The molecular formula is C57H102O6. The van der Waals surface area contributed by atoms with Crippen LogP contribution < -0.4 is 0 Å². The molecule has 0 aromatic heterocycles. The van der Waals surface area contributed by atoms with Crippen molar-refractivity contribution in [1.82, 2.24) is 0 Å². The lowest BCUT2D eigenvalue weighted by molar-refractivity contribution is -0.167. The molecule has 0 amide bonds. The van der Waals surface area contributed by atoms with Crippen LogP contribution in [0.1, 0.15) is 278 Å². The van der Waals surface area contributed by atoms with E-state index < -0.39 is 6.10 Å². The van der Waals surface area contributed by atoms with Crippen molar-refractivity contribution in [3.8, 4) is 0 Å². The maximum absolute atomic E-state index is 12.8. The second-order valence-corrected chi connectivity index (χ2v) is 18.1. The first-order valence-corrected chi connectivity index (χ1v) is 27.1. The molecule has 0 saturated carbocycles. The molecule has 0 fully saturated rings. The summed E-state index contributed by atoms with van der Waals surface area (Å²) >= 11 is 0. The summed E-state index contributed by atoms with van der Waals surface area (Å²) in [5.74, 6) is -0.945. The van der Waals surface area contributed by atoms with Gasteiger partial charge in [-0.2, -0.15) is 0 Å². The molecule has 0 radical (unpaired) electrons. The minimum Gasteiger partial charge on any atom is -0.462 e. The van der Waals surface area contributed by atoms with Crippen molar-refractivity contribution in [2.24, 2.45) is 0 Å². The Morgan fingerprint density at radius 1 is 0.317 bits per heavy atom. The van der Waals surface area contributed by atoms with Crippen LogP contribution in [0.3, 0.4) is 0 Å². The molecular weight excluding hydrogens is 781 g/mol. The van der Waals surface area contributed by atoms with E-state index in [1.807, 2.05) is 0 Å². The Hall–Kier alpha value is -2.63. The van der Waals surface area contributed by atoms with E-state index in [0.717, 1.165) is 64.2 Å². The quantitative estimate of drug-likeness (QED) is 0.0262. The van der Waals surface area contributed by atoms with Crippen LogP contribution in [-0.4, -0.2) is 37.2 Å². The highest BCUT2D eigenvalue weighted by Gasteiger charge is 2.19. The number of hydrogen-bond acceptors (Lipinski definition) is 6. The normalized spacial score (nSPS) is 12.4. The fourth-order valence-electron chi connectivity index (χ4n) is 7.69. The number of hydrogen-bond donors (Lipinski definition) is 0. The van der Waals surface area contributed by atoms with Crippen LogP contribution in [0.2, 0.25) is 0 Å². The van der Waals surface area contributed by atoms with Crippen molar-refractivity contribution in [3.05, 3.63) is 48.6 Å². The van der Waals surface area contributed by atoms with Crippen molar-refractivity contribution < 1.29 is 28.6 Å². The van der Waals surface area contributed by atoms with Crippen molar-refractivity contribution in [2.45, 2.75) is 284 Å². The minimum absolute atomic E-state index is 0.0930. The van der Waals surface area contributed by atoms with Gasteiger partial charge in [-0.05, 0) is 77.0 Å². The average molecular weight is 883 g/mol. The number of carbonyl (C=O) groups is 3. The first kappa shape index (κ1) is 60.4. The van der Waals surface area contributed by atoms with Crippen LogP contribution in [0.15, 0.2) is 48.6 Å². The van der Waals surface area contributed by atoms with Gasteiger partial charge in [0.05, 0.1) is 0 Å². The van der Waals surface area contributed by atoms with Gasteiger partial charge in [0.15, 0.2) is 6.10 Å². The summed E-state index contributed by atoms with van der Waals surface area (Å²) in [6.45, 7) is 6.59. The molecule has 0 aromatic rings. The summed E-state index contributed by atoms with van der Waals surface area (Å²) in [6, 6.07) is 0. The summed E-state index contributed by atoms with van der Waals surface area (Å²) in [6.07, 6.45) is 62.4. The summed E-state index contributed by atoms with van der Waals surface area (Å²) in [5, 5.41) is 0. The van der Waals surface area contributed by atoms with Crippen LogP contribution in [0, 0.1) is 0 Å². The SMILES string of the molecule is CCCCCC/C=C\CCCCCCCC(=O)OC[C@H](COC(=O)CCCCCCCCCCCCCCCCC)OC(=O)CCC/C=C\C/C=C\C/C=C\CCCCCCCC. The zero-order valence-electron chi connectivity index (χ0n) is 41.8. The van der Waals surface area contributed by atoms with Crippen molar-refractivity contribution in [1.29, 1.82) is 0 Å². The first-order chi connectivity index (χ1) is 31.0. The van der Waals surface area contributed by atoms with E-state index in [2.05, 4.69) is 69.4 Å². The molecule has 0 aliphatic heterocycles. The number of allylic oxidation sites excluding steroid dienone is 8. The Morgan fingerprint density at radius 2 is 0.587 bits per heavy atom. The second kappa shape index (κ2) is 52.0. The van der Waals surface area contributed by atoms with Crippen LogP contribution in [-0.2, 0) is 28.6 Å². The maximum Gasteiger partial charge on any atom is 0.306 e. The van der Waals surface area contributed by atoms with Gasteiger partial charge >= 0.3 is 17.9 Å². The van der Waals surface area contributed by atoms with E-state index in [9.17, 15) is 14.4 Å². The summed E-state index contributed by atoms with van der Waals surface area (Å²) in [5.41, 5.74) is 0. The lowest BCUT2D eigenvalue weighted by Crippen LogP contribution is -2.30. The fraction of sp³-hybridized carbons (Fsp3) is 0.807. The molecule has 0 aromatic carbocycles. The summed E-state index contributed by atoms with van der Waals surface area (Å²) < 4.78 is 16.8. The van der Waals surface area contributed by atoms with Gasteiger partial charge in [-0.3, -0.25) is 14.4 Å². The molecule has 6 nitrogen and oxygen atoms in total. The topological polar surface area (TPSA) is 78.9 Å². The van der Waals surface area contributed by atoms with Gasteiger partial charge in [0, 0.05) is 19.3 Å². The summed E-state index contributed by atoms with van der Waals surface area (Å²) in [4.78, 5) is 38.0. The van der Waals surface area contributed by atoms with Gasteiger partial charge in [-0.25, -0.2) is 0 Å². The lowest BCUT2D eigenvalue weighted by Gasteiger charge is -2.18.